The number of nitrogens with zero attached hydrogens (tertiary/aromatic N) is 1. The zero-order chi connectivity index (χ0) is 20.6. The fourth-order valence-corrected chi connectivity index (χ4v) is 3.98. The number of nitrogens with one attached hydrogen (secondary N) is 2. The van der Waals surface area contributed by atoms with Crippen molar-refractivity contribution in [3.63, 3.8) is 0 Å². The Hall–Kier alpha value is -3.46. The van der Waals surface area contributed by atoms with Crippen LogP contribution in [0.1, 0.15) is 23.8 Å². The lowest BCUT2D eigenvalue weighted by Gasteiger charge is -2.25. The second-order valence-corrected chi connectivity index (χ2v) is 8.17. The van der Waals surface area contributed by atoms with Gasteiger partial charge in [-0.25, -0.2) is 18.1 Å². The summed E-state index contributed by atoms with van der Waals surface area (Å²) >= 11 is 0. The van der Waals surface area contributed by atoms with Gasteiger partial charge in [0, 0.05) is 5.39 Å². The fraction of sp³-hybridized carbons (Fsp3) is 0.150. The van der Waals surface area contributed by atoms with Crippen molar-refractivity contribution in [2.24, 2.45) is 0 Å². The highest BCUT2D eigenvalue weighted by molar-refractivity contribution is 7.90. The predicted octanol–water partition coefficient (Wildman–Crippen LogP) is 2.46. The number of sulfonamides is 1. The molecule has 1 aromatic heterocycles. The third-order valence-corrected chi connectivity index (χ3v) is 5.84. The molecule has 0 bridgehead atoms. The van der Waals surface area contributed by atoms with E-state index in [0.29, 0.717) is 17.7 Å². The molecule has 2 aromatic carbocycles. The van der Waals surface area contributed by atoms with E-state index in [2.05, 4.69) is 10.3 Å². The van der Waals surface area contributed by atoms with Crippen molar-refractivity contribution in [2.45, 2.75) is 24.3 Å². The van der Waals surface area contributed by atoms with E-state index in [-0.39, 0.29) is 22.2 Å². The van der Waals surface area contributed by atoms with E-state index in [1.54, 1.807) is 18.2 Å². The number of aromatic nitrogens is 1. The summed E-state index contributed by atoms with van der Waals surface area (Å²) in [6, 6.07) is 14.4. The molecule has 3 aromatic rings. The normalized spacial score (nSPS) is 15.9. The summed E-state index contributed by atoms with van der Waals surface area (Å²) in [5.74, 6) is -0.823. The van der Waals surface area contributed by atoms with Gasteiger partial charge in [-0.15, -0.1) is 0 Å². The van der Waals surface area contributed by atoms with E-state index in [9.17, 15) is 18.0 Å². The Bertz CT molecular complexity index is 1240. The number of carbonyl (C=O) groups is 2. The highest BCUT2D eigenvalue weighted by Crippen LogP contribution is 2.32. The molecular weight excluding hydrogens is 394 g/mol. The Labute approximate surface area is 167 Å². The quantitative estimate of drug-likeness (QED) is 0.682. The summed E-state index contributed by atoms with van der Waals surface area (Å²) in [7, 11) is -4.18. The van der Waals surface area contributed by atoms with Gasteiger partial charge in [-0.1, -0.05) is 31.2 Å². The third kappa shape index (κ3) is 3.64. The number of hydrogen-bond donors (Lipinski definition) is 2. The summed E-state index contributed by atoms with van der Waals surface area (Å²) in [6.45, 7) is 1.81. The topological polar surface area (TPSA) is 114 Å². The molecule has 148 valence electrons. The van der Waals surface area contributed by atoms with Crippen LogP contribution in [0.3, 0.4) is 0 Å². The van der Waals surface area contributed by atoms with Crippen molar-refractivity contribution >= 4 is 38.4 Å². The highest BCUT2D eigenvalue weighted by atomic mass is 32.2. The van der Waals surface area contributed by atoms with Crippen LogP contribution in [0, 0.1) is 0 Å². The molecule has 0 aliphatic carbocycles. The molecule has 0 fully saturated rings. The molecule has 9 heteroatoms. The van der Waals surface area contributed by atoms with Crippen LogP contribution in [0.5, 0.6) is 5.75 Å². The van der Waals surface area contributed by atoms with Crippen molar-refractivity contribution in [2.75, 3.05) is 5.32 Å². The standard InChI is InChI=1S/C20H17N3O5S/c1-2-17-20(25)22-16-11-13(8-10-18(16)28-17)29(26,27)23-19(24)15-9-7-12-5-3-4-6-14(12)21-15/h3-11,17H,2H2,1H3,(H,22,25)(H,23,24)/t17-/m1/s1. The number of para-hydroxylation sites is 1. The van der Waals surface area contributed by atoms with Crippen LogP contribution in [0.2, 0.25) is 0 Å². The first-order valence-electron chi connectivity index (χ1n) is 8.92. The van der Waals surface area contributed by atoms with Crippen LogP contribution in [0.4, 0.5) is 5.69 Å². The Morgan fingerprint density at radius 3 is 2.76 bits per heavy atom. The smallest absolute Gasteiger partial charge is 0.283 e. The molecule has 29 heavy (non-hydrogen) atoms. The van der Waals surface area contributed by atoms with Gasteiger partial charge in [0.25, 0.3) is 21.8 Å². The number of anilines is 1. The number of fused-ring (bicyclic) bond motifs is 2. The second kappa shape index (κ2) is 7.17. The molecule has 2 heterocycles. The number of carbonyl (C=O) groups excluding carboxylic acids is 2. The van der Waals surface area contributed by atoms with Crippen molar-refractivity contribution in [1.29, 1.82) is 0 Å². The number of benzene rings is 2. The summed E-state index contributed by atoms with van der Waals surface area (Å²) in [5, 5.41) is 3.46. The Kier molecular flexibility index (Phi) is 4.67. The molecule has 0 saturated heterocycles. The molecule has 0 saturated carbocycles. The van der Waals surface area contributed by atoms with Gasteiger partial charge in [0.1, 0.15) is 11.4 Å². The molecule has 4 rings (SSSR count). The molecule has 2 N–H and O–H groups in total. The third-order valence-electron chi connectivity index (χ3n) is 4.51. The van der Waals surface area contributed by atoms with Gasteiger partial charge in [-0.05, 0) is 36.8 Å². The largest absolute Gasteiger partial charge is 0.478 e. The zero-order valence-corrected chi connectivity index (χ0v) is 16.2. The molecule has 1 aliphatic rings. The number of amides is 2. The van der Waals surface area contributed by atoms with Gasteiger partial charge in [0.05, 0.1) is 16.1 Å². The lowest BCUT2D eigenvalue weighted by atomic mass is 10.2. The minimum absolute atomic E-state index is 0.0207. The molecule has 0 spiro atoms. The zero-order valence-electron chi connectivity index (χ0n) is 15.4. The Morgan fingerprint density at radius 1 is 1.17 bits per heavy atom. The fourth-order valence-electron chi connectivity index (χ4n) is 2.99. The first kappa shape index (κ1) is 18.9. The molecular formula is C20H17N3O5S. The number of hydrogen-bond acceptors (Lipinski definition) is 6. The number of ether oxygens (including phenoxy) is 1. The highest BCUT2D eigenvalue weighted by Gasteiger charge is 2.28. The number of pyridine rings is 1. The lowest BCUT2D eigenvalue weighted by Crippen LogP contribution is -2.36. The van der Waals surface area contributed by atoms with Crippen molar-refractivity contribution in [3.05, 3.63) is 60.3 Å². The monoisotopic (exact) mass is 411 g/mol. The van der Waals surface area contributed by atoms with E-state index in [1.165, 1.54) is 24.3 Å². The van der Waals surface area contributed by atoms with Crippen molar-refractivity contribution in [3.8, 4) is 5.75 Å². The van der Waals surface area contributed by atoms with E-state index >= 15 is 0 Å². The average Bonchev–Trinajstić information content (AvgIpc) is 2.72. The van der Waals surface area contributed by atoms with Gasteiger partial charge in [0.2, 0.25) is 0 Å². The molecule has 0 unspecified atom stereocenters. The van der Waals surface area contributed by atoms with E-state index in [1.807, 2.05) is 23.8 Å². The van der Waals surface area contributed by atoms with Crippen LogP contribution < -0.4 is 14.8 Å². The first-order valence-corrected chi connectivity index (χ1v) is 10.4. The second-order valence-electron chi connectivity index (χ2n) is 6.49. The van der Waals surface area contributed by atoms with Crippen LogP contribution in [0.15, 0.2) is 59.5 Å². The van der Waals surface area contributed by atoms with E-state index in [4.69, 9.17) is 4.74 Å². The Balaban J connectivity index is 1.59. The maximum atomic E-state index is 12.7. The summed E-state index contributed by atoms with van der Waals surface area (Å²) in [6.07, 6.45) is -0.135. The number of rotatable bonds is 4. The minimum atomic E-state index is -4.18. The molecule has 2 amide bonds. The van der Waals surface area contributed by atoms with Gasteiger partial charge in [-0.3, -0.25) is 9.59 Å². The van der Waals surface area contributed by atoms with Crippen LogP contribution in [-0.2, 0) is 14.8 Å². The van der Waals surface area contributed by atoms with Crippen LogP contribution >= 0.6 is 0 Å². The van der Waals surface area contributed by atoms with Gasteiger partial charge in [0.15, 0.2) is 6.10 Å². The van der Waals surface area contributed by atoms with E-state index < -0.39 is 22.0 Å². The van der Waals surface area contributed by atoms with Gasteiger partial charge >= 0.3 is 0 Å². The summed E-state index contributed by atoms with van der Waals surface area (Å²) in [4.78, 5) is 28.4. The maximum Gasteiger partial charge on any atom is 0.283 e. The van der Waals surface area contributed by atoms with Crippen LogP contribution in [-0.4, -0.2) is 31.3 Å². The van der Waals surface area contributed by atoms with Gasteiger partial charge in [-0.2, -0.15) is 0 Å². The first-order chi connectivity index (χ1) is 13.9. The molecule has 8 nitrogen and oxygen atoms in total. The average molecular weight is 411 g/mol. The van der Waals surface area contributed by atoms with Gasteiger partial charge < -0.3 is 10.1 Å². The van der Waals surface area contributed by atoms with E-state index in [0.717, 1.165) is 5.39 Å². The summed E-state index contributed by atoms with van der Waals surface area (Å²) in [5.41, 5.74) is 0.795. The lowest BCUT2D eigenvalue weighted by molar-refractivity contribution is -0.123. The SMILES string of the molecule is CC[C@H]1Oc2ccc(S(=O)(=O)NC(=O)c3ccc4ccccc4n3)cc2NC1=O. The molecule has 1 aliphatic heterocycles. The maximum absolute atomic E-state index is 12.7. The van der Waals surface area contributed by atoms with Crippen LogP contribution in [0.25, 0.3) is 10.9 Å². The minimum Gasteiger partial charge on any atom is -0.478 e. The van der Waals surface area contributed by atoms with Crippen molar-refractivity contribution < 1.29 is 22.7 Å². The predicted molar refractivity (Wildman–Crippen MR) is 106 cm³/mol. The van der Waals surface area contributed by atoms with Crippen molar-refractivity contribution in [1.82, 2.24) is 9.71 Å². The molecule has 0 radical (unpaired) electrons. The summed E-state index contributed by atoms with van der Waals surface area (Å²) < 4.78 is 32.9. The molecule has 1 atom stereocenters. The Morgan fingerprint density at radius 2 is 1.97 bits per heavy atom.